The summed E-state index contributed by atoms with van der Waals surface area (Å²) >= 11 is 0. The van der Waals surface area contributed by atoms with Gasteiger partial charge in [0.05, 0.1) is 18.2 Å². The minimum absolute atomic E-state index is 0.0673. The lowest BCUT2D eigenvalue weighted by atomic mass is 10.1. The number of hydrogen-bond donors (Lipinski definition) is 2. The van der Waals surface area contributed by atoms with Crippen molar-refractivity contribution < 1.29 is 14.9 Å². The molecule has 4 heteroatoms. The normalized spacial score (nSPS) is 27.9. The summed E-state index contributed by atoms with van der Waals surface area (Å²) in [6, 6.07) is -0.0673. The largest absolute Gasteiger partial charge is 0.391 e. The lowest BCUT2D eigenvalue weighted by Crippen LogP contribution is -2.47. The predicted octanol–water partition coefficient (Wildman–Crippen LogP) is 3.35. The highest BCUT2D eigenvalue weighted by Gasteiger charge is 2.44. The van der Waals surface area contributed by atoms with Gasteiger partial charge in [-0.05, 0) is 26.4 Å². The Balaban J connectivity index is 2.35. The zero-order chi connectivity index (χ0) is 17.1. The third-order valence-electron chi connectivity index (χ3n) is 5.02. The van der Waals surface area contributed by atoms with Crippen molar-refractivity contribution in [2.45, 2.75) is 102 Å². The third-order valence-corrected chi connectivity index (χ3v) is 5.02. The summed E-state index contributed by atoms with van der Waals surface area (Å²) < 4.78 is 5.98. The van der Waals surface area contributed by atoms with Gasteiger partial charge >= 0.3 is 0 Å². The van der Waals surface area contributed by atoms with Gasteiger partial charge in [-0.15, -0.1) is 0 Å². The van der Waals surface area contributed by atoms with Crippen LogP contribution in [0.4, 0.5) is 0 Å². The summed E-state index contributed by atoms with van der Waals surface area (Å²) in [5.74, 6) is 0. The Bertz CT molecular complexity index is 288. The van der Waals surface area contributed by atoms with E-state index in [1.54, 1.807) is 0 Å². The average Bonchev–Trinajstić information content (AvgIpc) is 2.81. The molecular formula is C19H39NO3. The van der Waals surface area contributed by atoms with Crippen LogP contribution in [-0.4, -0.2) is 59.7 Å². The van der Waals surface area contributed by atoms with E-state index in [0.29, 0.717) is 13.0 Å². The van der Waals surface area contributed by atoms with E-state index in [9.17, 15) is 10.2 Å². The van der Waals surface area contributed by atoms with Crippen molar-refractivity contribution in [2.75, 3.05) is 20.2 Å². The lowest BCUT2D eigenvalue weighted by molar-refractivity contribution is -0.0589. The summed E-state index contributed by atoms with van der Waals surface area (Å²) in [5.41, 5.74) is 0. The molecule has 0 heterocycles. The van der Waals surface area contributed by atoms with E-state index in [0.717, 1.165) is 19.4 Å². The molecule has 23 heavy (non-hydrogen) atoms. The first kappa shape index (κ1) is 20.9. The Morgan fingerprint density at radius 2 is 1.48 bits per heavy atom. The van der Waals surface area contributed by atoms with E-state index in [4.69, 9.17) is 4.74 Å². The maximum atomic E-state index is 10.3. The molecule has 0 aromatic rings. The van der Waals surface area contributed by atoms with Gasteiger partial charge in [-0.1, -0.05) is 58.8 Å². The number of aliphatic hydroxyl groups excluding tert-OH is 2. The SMILES string of the molecule is CCCCCCCO[C@@H]1[C@@H](N(C)CCCCCC)[C@H](O)C[C@@H]1O. The van der Waals surface area contributed by atoms with E-state index in [1.165, 1.54) is 44.9 Å². The Morgan fingerprint density at radius 1 is 0.870 bits per heavy atom. The lowest BCUT2D eigenvalue weighted by Gasteiger charge is -2.32. The van der Waals surface area contributed by atoms with Crippen molar-refractivity contribution in [3.8, 4) is 0 Å². The molecule has 1 fully saturated rings. The summed E-state index contributed by atoms with van der Waals surface area (Å²) in [6.45, 7) is 6.09. The fourth-order valence-electron chi connectivity index (χ4n) is 3.58. The fourth-order valence-corrected chi connectivity index (χ4v) is 3.58. The highest BCUT2D eigenvalue weighted by Crippen LogP contribution is 2.28. The van der Waals surface area contributed by atoms with Crippen LogP contribution in [0.5, 0.6) is 0 Å². The second-order valence-corrected chi connectivity index (χ2v) is 7.15. The number of aliphatic hydroxyl groups is 2. The standard InChI is InChI=1S/C19H39NO3/c1-4-6-8-10-12-14-23-19-17(22)15-16(21)18(19)20(3)13-11-9-7-5-2/h16-19,21-22H,4-15H2,1-3H3/t16-,17+,18+,19+/m1/s1. The highest BCUT2D eigenvalue weighted by atomic mass is 16.5. The first-order chi connectivity index (χ1) is 11.1. The van der Waals surface area contributed by atoms with E-state index in [-0.39, 0.29) is 12.1 Å². The molecule has 0 spiro atoms. The molecule has 1 aliphatic rings. The van der Waals surface area contributed by atoms with Crippen LogP contribution in [0.1, 0.15) is 78.1 Å². The number of nitrogens with zero attached hydrogens (tertiary/aromatic N) is 1. The van der Waals surface area contributed by atoms with Crippen LogP contribution >= 0.6 is 0 Å². The third kappa shape index (κ3) is 7.51. The van der Waals surface area contributed by atoms with Crippen LogP contribution in [0.15, 0.2) is 0 Å². The second-order valence-electron chi connectivity index (χ2n) is 7.15. The van der Waals surface area contributed by atoms with Crippen molar-refractivity contribution in [1.29, 1.82) is 0 Å². The minimum atomic E-state index is -0.538. The number of rotatable bonds is 13. The molecule has 1 aliphatic carbocycles. The first-order valence-electron chi connectivity index (χ1n) is 9.79. The average molecular weight is 330 g/mol. The van der Waals surface area contributed by atoms with Crippen LogP contribution in [0.2, 0.25) is 0 Å². The Labute approximate surface area is 143 Å². The van der Waals surface area contributed by atoms with Crippen LogP contribution in [-0.2, 0) is 4.74 Å². The highest BCUT2D eigenvalue weighted by molar-refractivity contribution is 4.98. The summed E-state index contributed by atoms with van der Waals surface area (Å²) in [6.07, 6.45) is 10.1. The van der Waals surface area contributed by atoms with Crippen molar-refractivity contribution in [2.24, 2.45) is 0 Å². The van der Waals surface area contributed by atoms with Crippen LogP contribution in [0.3, 0.4) is 0 Å². The summed E-state index contributed by atoms with van der Waals surface area (Å²) in [5, 5.41) is 20.5. The van der Waals surface area contributed by atoms with E-state index in [1.807, 2.05) is 0 Å². The zero-order valence-electron chi connectivity index (χ0n) is 15.5. The van der Waals surface area contributed by atoms with Crippen molar-refractivity contribution in [3.05, 3.63) is 0 Å². The number of ether oxygens (including phenoxy) is 1. The maximum Gasteiger partial charge on any atom is 0.101 e. The number of hydrogen-bond acceptors (Lipinski definition) is 4. The Hall–Kier alpha value is -0.160. The van der Waals surface area contributed by atoms with E-state index < -0.39 is 12.2 Å². The molecule has 4 atom stereocenters. The van der Waals surface area contributed by atoms with Crippen LogP contribution < -0.4 is 0 Å². The molecule has 0 aromatic carbocycles. The summed E-state index contributed by atoms with van der Waals surface area (Å²) in [7, 11) is 2.05. The monoisotopic (exact) mass is 329 g/mol. The van der Waals surface area contributed by atoms with Crippen molar-refractivity contribution in [1.82, 2.24) is 4.90 Å². The zero-order valence-corrected chi connectivity index (χ0v) is 15.5. The molecule has 0 aromatic heterocycles. The molecule has 2 N–H and O–H groups in total. The van der Waals surface area contributed by atoms with Crippen molar-refractivity contribution >= 4 is 0 Å². The molecule has 0 amide bonds. The maximum absolute atomic E-state index is 10.3. The predicted molar refractivity (Wildman–Crippen MR) is 95.7 cm³/mol. The van der Waals surface area contributed by atoms with Crippen LogP contribution in [0, 0.1) is 0 Å². The fraction of sp³-hybridized carbons (Fsp3) is 1.00. The van der Waals surface area contributed by atoms with E-state index >= 15 is 0 Å². The molecule has 0 aliphatic heterocycles. The van der Waals surface area contributed by atoms with Gasteiger partial charge < -0.3 is 14.9 Å². The molecule has 0 radical (unpaired) electrons. The summed E-state index contributed by atoms with van der Waals surface area (Å²) in [4.78, 5) is 2.19. The molecule has 0 bridgehead atoms. The minimum Gasteiger partial charge on any atom is -0.391 e. The van der Waals surface area contributed by atoms with Gasteiger partial charge in [0.25, 0.3) is 0 Å². The first-order valence-corrected chi connectivity index (χ1v) is 9.79. The second kappa shape index (κ2) is 12.2. The topological polar surface area (TPSA) is 52.9 Å². The van der Waals surface area contributed by atoms with Gasteiger partial charge in [0, 0.05) is 13.0 Å². The molecule has 1 saturated carbocycles. The van der Waals surface area contributed by atoms with Gasteiger partial charge in [-0.3, -0.25) is 4.90 Å². The van der Waals surface area contributed by atoms with Crippen molar-refractivity contribution in [3.63, 3.8) is 0 Å². The van der Waals surface area contributed by atoms with Gasteiger partial charge in [0.1, 0.15) is 6.10 Å². The smallest absolute Gasteiger partial charge is 0.101 e. The molecule has 0 saturated heterocycles. The molecular weight excluding hydrogens is 290 g/mol. The van der Waals surface area contributed by atoms with Crippen LogP contribution in [0.25, 0.3) is 0 Å². The van der Waals surface area contributed by atoms with Gasteiger partial charge in [0.15, 0.2) is 0 Å². The molecule has 0 unspecified atom stereocenters. The van der Waals surface area contributed by atoms with Gasteiger partial charge in [0.2, 0.25) is 0 Å². The molecule has 4 nitrogen and oxygen atoms in total. The Kier molecular flexibility index (Phi) is 11.1. The van der Waals surface area contributed by atoms with E-state index in [2.05, 4.69) is 25.8 Å². The molecule has 1 rings (SSSR count). The van der Waals surface area contributed by atoms with Gasteiger partial charge in [-0.25, -0.2) is 0 Å². The number of likely N-dealkylation sites (N-methyl/N-ethyl adjacent to an activating group) is 1. The quantitative estimate of drug-likeness (QED) is 0.509. The Morgan fingerprint density at radius 3 is 2.13 bits per heavy atom. The van der Waals surface area contributed by atoms with Gasteiger partial charge in [-0.2, -0.15) is 0 Å². The number of unbranched alkanes of at least 4 members (excludes halogenated alkanes) is 7. The molecule has 138 valence electrons.